The molecule has 0 aliphatic carbocycles. The van der Waals surface area contributed by atoms with Crippen LogP contribution in [0, 0.1) is 0 Å². The minimum absolute atomic E-state index is 0.271. The fourth-order valence-electron chi connectivity index (χ4n) is 2.31. The van der Waals surface area contributed by atoms with Crippen LogP contribution in [0.15, 0.2) is 0 Å². The average molecular weight is 214 g/mol. The van der Waals surface area contributed by atoms with Crippen molar-refractivity contribution >= 4 is 5.91 Å². The van der Waals surface area contributed by atoms with Crippen molar-refractivity contribution < 1.29 is 9.90 Å². The third-order valence-corrected chi connectivity index (χ3v) is 2.97. The van der Waals surface area contributed by atoms with E-state index >= 15 is 0 Å². The van der Waals surface area contributed by atoms with Crippen molar-refractivity contribution in [2.45, 2.75) is 51.2 Å². The van der Waals surface area contributed by atoms with E-state index in [1.807, 2.05) is 0 Å². The number of carbonyl (C=O) groups excluding carboxylic acids is 1. The molecule has 4 nitrogen and oxygen atoms in total. The summed E-state index contributed by atoms with van der Waals surface area (Å²) in [7, 11) is 0. The zero-order valence-corrected chi connectivity index (χ0v) is 9.48. The molecule has 0 bridgehead atoms. The maximum absolute atomic E-state index is 10.9. The lowest BCUT2D eigenvalue weighted by Crippen LogP contribution is -2.42. The van der Waals surface area contributed by atoms with Crippen molar-refractivity contribution in [3.63, 3.8) is 0 Å². The van der Waals surface area contributed by atoms with E-state index in [-0.39, 0.29) is 12.0 Å². The second-order valence-electron chi connectivity index (χ2n) is 4.52. The molecule has 1 rings (SSSR count). The van der Waals surface area contributed by atoms with E-state index in [9.17, 15) is 9.90 Å². The highest BCUT2D eigenvalue weighted by Gasteiger charge is 2.23. The molecule has 3 N–H and O–H groups in total. The highest BCUT2D eigenvalue weighted by atomic mass is 16.3. The van der Waals surface area contributed by atoms with Crippen LogP contribution in [0.5, 0.6) is 0 Å². The van der Waals surface area contributed by atoms with E-state index in [2.05, 4.69) is 4.90 Å². The van der Waals surface area contributed by atoms with Gasteiger partial charge in [-0.2, -0.15) is 0 Å². The van der Waals surface area contributed by atoms with Crippen LogP contribution in [-0.2, 0) is 4.79 Å². The smallest absolute Gasteiger partial charge is 0.231 e. The second-order valence-corrected chi connectivity index (χ2v) is 4.52. The van der Waals surface area contributed by atoms with Gasteiger partial charge in [-0.05, 0) is 32.7 Å². The summed E-state index contributed by atoms with van der Waals surface area (Å²) in [5, 5.41) is 9.41. The monoisotopic (exact) mass is 214 g/mol. The van der Waals surface area contributed by atoms with Crippen molar-refractivity contribution in [1.29, 1.82) is 0 Å². The van der Waals surface area contributed by atoms with Gasteiger partial charge < -0.3 is 10.8 Å². The number of hydrogen-bond donors (Lipinski definition) is 2. The summed E-state index contributed by atoms with van der Waals surface area (Å²) in [4.78, 5) is 13.1. The zero-order valence-electron chi connectivity index (χ0n) is 9.48. The minimum atomic E-state index is -0.302. The predicted octanol–water partition coefficient (Wildman–Crippen LogP) is 0.487. The predicted molar refractivity (Wildman–Crippen MR) is 59.3 cm³/mol. The number of primary amides is 1. The largest absolute Gasteiger partial charge is 0.393 e. The molecule has 15 heavy (non-hydrogen) atoms. The Morgan fingerprint density at radius 1 is 1.53 bits per heavy atom. The SMILES string of the molecule is CC(O)CC1CCCCCN1CC(N)=O. The van der Waals surface area contributed by atoms with Gasteiger partial charge in [0.15, 0.2) is 0 Å². The Kier molecular flexibility index (Phi) is 5.05. The van der Waals surface area contributed by atoms with Gasteiger partial charge in [0.2, 0.25) is 5.91 Å². The first-order valence-electron chi connectivity index (χ1n) is 5.80. The van der Waals surface area contributed by atoms with Crippen LogP contribution in [0.2, 0.25) is 0 Å². The fourth-order valence-corrected chi connectivity index (χ4v) is 2.31. The standard InChI is InChI=1S/C11H22N2O2/c1-9(14)7-10-5-3-2-4-6-13(10)8-11(12)15/h9-10,14H,2-8H2,1H3,(H2,12,15). The number of aliphatic hydroxyl groups is 1. The van der Waals surface area contributed by atoms with Gasteiger partial charge in [-0.3, -0.25) is 9.69 Å². The highest BCUT2D eigenvalue weighted by molar-refractivity contribution is 5.75. The summed E-state index contributed by atoms with van der Waals surface area (Å²) in [5.74, 6) is -0.271. The number of nitrogens with two attached hydrogens (primary N) is 1. The highest BCUT2D eigenvalue weighted by Crippen LogP contribution is 2.20. The Balaban J connectivity index is 2.54. The third kappa shape index (κ3) is 4.62. The Bertz CT molecular complexity index is 207. The van der Waals surface area contributed by atoms with Gasteiger partial charge in [0, 0.05) is 6.04 Å². The van der Waals surface area contributed by atoms with Gasteiger partial charge in [0.1, 0.15) is 0 Å². The number of aliphatic hydroxyl groups excluding tert-OH is 1. The first-order valence-corrected chi connectivity index (χ1v) is 5.80. The summed E-state index contributed by atoms with van der Waals surface area (Å²) in [6, 6.07) is 0.319. The molecule has 1 amide bonds. The Morgan fingerprint density at radius 3 is 2.87 bits per heavy atom. The molecule has 2 unspecified atom stereocenters. The molecule has 1 heterocycles. The van der Waals surface area contributed by atoms with Crippen molar-refractivity contribution in [2.24, 2.45) is 5.73 Å². The van der Waals surface area contributed by atoms with Crippen LogP contribution in [0.4, 0.5) is 0 Å². The summed E-state index contributed by atoms with van der Waals surface area (Å²) in [5.41, 5.74) is 5.22. The number of nitrogens with zero attached hydrogens (tertiary/aromatic N) is 1. The maximum atomic E-state index is 10.9. The molecule has 0 spiro atoms. The molecule has 2 atom stereocenters. The van der Waals surface area contributed by atoms with Crippen LogP contribution in [0.3, 0.4) is 0 Å². The van der Waals surface area contributed by atoms with E-state index in [1.54, 1.807) is 6.92 Å². The molecule has 1 aliphatic heterocycles. The average Bonchev–Trinajstić information content (AvgIpc) is 2.30. The van der Waals surface area contributed by atoms with Gasteiger partial charge in [-0.1, -0.05) is 12.8 Å². The van der Waals surface area contributed by atoms with Gasteiger partial charge >= 0.3 is 0 Å². The molecular weight excluding hydrogens is 192 g/mol. The van der Waals surface area contributed by atoms with Gasteiger partial charge in [0.05, 0.1) is 12.6 Å². The quantitative estimate of drug-likeness (QED) is 0.715. The molecule has 1 saturated heterocycles. The summed E-state index contributed by atoms with van der Waals surface area (Å²) in [6.45, 7) is 3.06. The normalized spacial score (nSPS) is 25.9. The summed E-state index contributed by atoms with van der Waals surface area (Å²) < 4.78 is 0. The first kappa shape index (κ1) is 12.5. The Labute approximate surface area is 91.4 Å². The molecule has 0 radical (unpaired) electrons. The molecule has 88 valence electrons. The molecule has 0 aromatic carbocycles. The van der Waals surface area contributed by atoms with E-state index < -0.39 is 0 Å². The molecule has 0 aromatic heterocycles. The molecule has 1 aliphatic rings. The van der Waals surface area contributed by atoms with Crippen molar-refractivity contribution in [3.05, 3.63) is 0 Å². The second kappa shape index (κ2) is 6.08. The Hall–Kier alpha value is -0.610. The van der Waals surface area contributed by atoms with Crippen LogP contribution < -0.4 is 5.73 Å². The fraction of sp³-hybridized carbons (Fsp3) is 0.909. The van der Waals surface area contributed by atoms with E-state index in [1.165, 1.54) is 12.8 Å². The van der Waals surface area contributed by atoms with E-state index in [4.69, 9.17) is 5.73 Å². The van der Waals surface area contributed by atoms with Gasteiger partial charge in [-0.15, -0.1) is 0 Å². The number of amides is 1. The van der Waals surface area contributed by atoms with Crippen LogP contribution in [0.1, 0.15) is 39.0 Å². The number of likely N-dealkylation sites (tertiary alicyclic amines) is 1. The van der Waals surface area contributed by atoms with Crippen molar-refractivity contribution in [2.75, 3.05) is 13.1 Å². The van der Waals surface area contributed by atoms with Crippen molar-refractivity contribution in [1.82, 2.24) is 4.90 Å². The van der Waals surface area contributed by atoms with E-state index in [0.717, 1.165) is 25.8 Å². The maximum Gasteiger partial charge on any atom is 0.231 e. The molecule has 0 aromatic rings. The lowest BCUT2D eigenvalue weighted by Gasteiger charge is -2.29. The van der Waals surface area contributed by atoms with Crippen LogP contribution in [0.25, 0.3) is 0 Å². The lowest BCUT2D eigenvalue weighted by atomic mass is 10.0. The third-order valence-electron chi connectivity index (χ3n) is 2.97. The summed E-state index contributed by atoms with van der Waals surface area (Å²) in [6.07, 6.45) is 5.04. The lowest BCUT2D eigenvalue weighted by molar-refractivity contribution is -0.119. The van der Waals surface area contributed by atoms with Gasteiger partial charge in [0.25, 0.3) is 0 Å². The Morgan fingerprint density at radius 2 is 2.27 bits per heavy atom. The summed E-state index contributed by atoms with van der Waals surface area (Å²) >= 11 is 0. The number of carbonyl (C=O) groups is 1. The topological polar surface area (TPSA) is 66.6 Å². The molecule has 1 fully saturated rings. The minimum Gasteiger partial charge on any atom is -0.393 e. The molecular formula is C11H22N2O2. The molecule has 0 saturated carbocycles. The number of hydrogen-bond acceptors (Lipinski definition) is 3. The van der Waals surface area contributed by atoms with Crippen molar-refractivity contribution in [3.8, 4) is 0 Å². The van der Waals surface area contributed by atoms with Gasteiger partial charge in [-0.25, -0.2) is 0 Å². The number of rotatable bonds is 4. The zero-order chi connectivity index (χ0) is 11.3. The van der Waals surface area contributed by atoms with E-state index in [0.29, 0.717) is 12.6 Å². The van der Waals surface area contributed by atoms with Crippen LogP contribution >= 0.6 is 0 Å². The molecule has 4 heteroatoms. The van der Waals surface area contributed by atoms with Crippen LogP contribution in [-0.4, -0.2) is 41.1 Å². The first-order chi connectivity index (χ1) is 7.09.